The van der Waals surface area contributed by atoms with E-state index < -0.39 is 11.9 Å². The van der Waals surface area contributed by atoms with Gasteiger partial charge in [0.1, 0.15) is 17.2 Å². The molecule has 1 aromatic heterocycles. The van der Waals surface area contributed by atoms with Crippen molar-refractivity contribution in [3.63, 3.8) is 0 Å². The first-order valence-corrected chi connectivity index (χ1v) is 11.1. The van der Waals surface area contributed by atoms with E-state index >= 15 is 0 Å². The normalized spacial score (nSPS) is 18.6. The van der Waals surface area contributed by atoms with Crippen LogP contribution in [0.5, 0.6) is 0 Å². The molecule has 0 spiro atoms. The maximum atomic E-state index is 14.0. The number of para-hydroxylation sites is 1. The molecule has 0 saturated carbocycles. The lowest BCUT2D eigenvalue weighted by atomic mass is 10.1. The minimum Gasteiger partial charge on any atom is -0.322 e. The molecular weight excluding hydrogens is 407 g/mol. The van der Waals surface area contributed by atoms with E-state index in [9.17, 15) is 14.0 Å². The number of hydrogen-bond donors (Lipinski definition) is 1. The molecule has 1 N–H and O–H groups in total. The molecule has 1 fully saturated rings. The van der Waals surface area contributed by atoms with Crippen molar-refractivity contribution in [1.82, 2.24) is 4.90 Å². The zero-order valence-corrected chi connectivity index (χ0v) is 17.3. The lowest BCUT2D eigenvalue weighted by Crippen LogP contribution is -2.45. The number of benzene rings is 2. The quantitative estimate of drug-likeness (QED) is 0.632. The van der Waals surface area contributed by atoms with Gasteiger partial charge in [-0.3, -0.25) is 9.59 Å². The Morgan fingerprint density at radius 3 is 2.52 bits per heavy atom. The molecule has 4 nitrogen and oxygen atoms in total. The number of amides is 2. The number of nitrogens with zero attached hydrogens (tertiary/aromatic N) is 1. The molecule has 2 unspecified atom stereocenters. The summed E-state index contributed by atoms with van der Waals surface area (Å²) in [4.78, 5) is 29.0. The van der Waals surface area contributed by atoms with Gasteiger partial charge in [0.15, 0.2) is 0 Å². The zero-order chi connectivity index (χ0) is 20.4. The van der Waals surface area contributed by atoms with Crippen molar-refractivity contribution in [3.05, 3.63) is 87.9 Å². The highest BCUT2D eigenvalue weighted by molar-refractivity contribution is 7.99. The molecule has 148 valence electrons. The number of halogens is 1. The summed E-state index contributed by atoms with van der Waals surface area (Å²) < 4.78 is 14.0. The van der Waals surface area contributed by atoms with Crippen LogP contribution >= 0.6 is 23.1 Å². The van der Waals surface area contributed by atoms with Gasteiger partial charge in [-0.05, 0) is 42.6 Å². The average molecular weight is 427 g/mol. The van der Waals surface area contributed by atoms with Gasteiger partial charge in [-0.1, -0.05) is 35.9 Å². The minimum absolute atomic E-state index is 0.116. The monoisotopic (exact) mass is 426 g/mol. The fourth-order valence-electron chi connectivity index (χ4n) is 3.23. The highest BCUT2D eigenvalue weighted by Gasteiger charge is 2.43. The fourth-order valence-corrected chi connectivity index (χ4v) is 5.63. The number of nitrogens with one attached hydrogen (secondary N) is 1. The topological polar surface area (TPSA) is 49.4 Å². The summed E-state index contributed by atoms with van der Waals surface area (Å²) in [5.74, 6) is -0.651. The van der Waals surface area contributed by atoms with Crippen molar-refractivity contribution < 1.29 is 14.0 Å². The number of carbonyl (C=O) groups excluding carboxylic acids is 2. The van der Waals surface area contributed by atoms with Gasteiger partial charge in [-0.2, -0.15) is 0 Å². The van der Waals surface area contributed by atoms with Gasteiger partial charge < -0.3 is 10.2 Å². The SMILES string of the molecule is Cc1ccc(C(=O)N2C(C(=O)Nc3ccccc3F)CSC2c2cccs2)cc1. The van der Waals surface area contributed by atoms with Crippen LogP contribution in [0.4, 0.5) is 10.1 Å². The van der Waals surface area contributed by atoms with Crippen LogP contribution in [-0.4, -0.2) is 28.5 Å². The van der Waals surface area contributed by atoms with Gasteiger partial charge in [0.2, 0.25) is 5.91 Å². The Bertz CT molecular complexity index is 1020. The molecule has 0 bridgehead atoms. The highest BCUT2D eigenvalue weighted by Crippen LogP contribution is 2.44. The van der Waals surface area contributed by atoms with Crippen LogP contribution < -0.4 is 5.32 Å². The first-order chi connectivity index (χ1) is 14.0. The number of thiophene rings is 1. The van der Waals surface area contributed by atoms with Crippen LogP contribution in [0.1, 0.15) is 26.2 Å². The molecule has 3 aromatic rings. The predicted octanol–water partition coefficient (Wildman–Crippen LogP) is 5.09. The minimum atomic E-state index is -0.694. The van der Waals surface area contributed by atoms with E-state index in [1.54, 1.807) is 52.3 Å². The van der Waals surface area contributed by atoms with Gasteiger partial charge >= 0.3 is 0 Å². The van der Waals surface area contributed by atoms with Crippen molar-refractivity contribution in [3.8, 4) is 0 Å². The number of thioether (sulfide) groups is 1. The van der Waals surface area contributed by atoms with Crippen LogP contribution in [-0.2, 0) is 4.79 Å². The second-order valence-electron chi connectivity index (χ2n) is 6.76. The first-order valence-electron chi connectivity index (χ1n) is 9.14. The Morgan fingerprint density at radius 1 is 1.07 bits per heavy atom. The molecule has 2 atom stereocenters. The fraction of sp³-hybridized carbons (Fsp3) is 0.182. The largest absolute Gasteiger partial charge is 0.322 e. The second-order valence-corrected chi connectivity index (χ2v) is 8.86. The van der Waals surface area contributed by atoms with Crippen molar-refractivity contribution in [2.45, 2.75) is 18.3 Å². The van der Waals surface area contributed by atoms with Gasteiger partial charge in [-0.25, -0.2) is 4.39 Å². The van der Waals surface area contributed by atoms with E-state index in [4.69, 9.17) is 0 Å². The number of aryl methyl sites for hydroxylation is 1. The maximum Gasteiger partial charge on any atom is 0.255 e. The van der Waals surface area contributed by atoms with Gasteiger partial charge in [0, 0.05) is 16.2 Å². The molecule has 0 aliphatic carbocycles. The third-order valence-electron chi connectivity index (χ3n) is 4.75. The van der Waals surface area contributed by atoms with Crippen LogP contribution in [0.3, 0.4) is 0 Å². The van der Waals surface area contributed by atoms with Gasteiger partial charge in [0.05, 0.1) is 5.69 Å². The van der Waals surface area contributed by atoms with Crippen LogP contribution in [0, 0.1) is 12.7 Å². The Morgan fingerprint density at radius 2 is 1.83 bits per heavy atom. The first kappa shape index (κ1) is 19.7. The van der Waals surface area contributed by atoms with E-state index in [1.165, 1.54) is 12.1 Å². The summed E-state index contributed by atoms with van der Waals surface area (Å²) in [6.07, 6.45) is 0. The number of rotatable bonds is 4. The van der Waals surface area contributed by atoms with Crippen LogP contribution in [0.25, 0.3) is 0 Å². The van der Waals surface area contributed by atoms with Crippen LogP contribution in [0.2, 0.25) is 0 Å². The Hall–Kier alpha value is -2.64. The highest BCUT2D eigenvalue weighted by atomic mass is 32.2. The molecule has 0 radical (unpaired) electrons. The van der Waals surface area contributed by atoms with Crippen molar-refractivity contribution in [2.75, 3.05) is 11.1 Å². The molecule has 2 heterocycles. The lowest BCUT2D eigenvalue weighted by molar-refractivity contribution is -0.119. The van der Waals surface area contributed by atoms with Gasteiger partial charge in [-0.15, -0.1) is 23.1 Å². The van der Waals surface area contributed by atoms with E-state index in [2.05, 4.69) is 5.32 Å². The molecule has 1 aliphatic heterocycles. The second kappa shape index (κ2) is 8.39. The third kappa shape index (κ3) is 4.06. The van der Waals surface area contributed by atoms with Crippen molar-refractivity contribution >= 4 is 40.6 Å². The molecule has 7 heteroatoms. The average Bonchev–Trinajstić information content (AvgIpc) is 3.39. The summed E-state index contributed by atoms with van der Waals surface area (Å²) in [6.45, 7) is 1.96. The molecule has 2 amide bonds. The summed E-state index contributed by atoms with van der Waals surface area (Å²) in [5.41, 5.74) is 1.70. The molecular formula is C22H19FN2O2S2. The summed E-state index contributed by atoms with van der Waals surface area (Å²) in [5, 5.41) is 4.35. The zero-order valence-electron chi connectivity index (χ0n) is 15.7. The summed E-state index contributed by atoms with van der Waals surface area (Å²) >= 11 is 3.10. The number of hydrogen-bond acceptors (Lipinski definition) is 4. The Balaban J connectivity index is 1.64. The Kier molecular flexibility index (Phi) is 5.69. The smallest absolute Gasteiger partial charge is 0.255 e. The lowest BCUT2D eigenvalue weighted by Gasteiger charge is -2.28. The summed E-state index contributed by atoms with van der Waals surface area (Å²) in [6, 6.07) is 16.5. The van der Waals surface area contributed by atoms with E-state index in [1.807, 2.05) is 36.6 Å². The predicted molar refractivity (Wildman–Crippen MR) is 116 cm³/mol. The third-order valence-corrected chi connectivity index (χ3v) is 7.13. The molecule has 29 heavy (non-hydrogen) atoms. The summed E-state index contributed by atoms with van der Waals surface area (Å²) in [7, 11) is 0. The molecule has 4 rings (SSSR count). The van der Waals surface area contributed by atoms with E-state index in [0.29, 0.717) is 11.3 Å². The Labute approximate surface area is 176 Å². The standard InChI is InChI=1S/C22H19FN2O2S2/c1-14-8-10-15(11-9-14)21(27)25-18(13-29-22(25)19-7-4-12-28-19)20(26)24-17-6-3-2-5-16(17)23/h2-12,18,22H,13H2,1H3,(H,24,26). The molecule has 2 aromatic carbocycles. The van der Waals surface area contributed by atoms with E-state index in [0.717, 1.165) is 10.4 Å². The van der Waals surface area contributed by atoms with Crippen molar-refractivity contribution in [2.24, 2.45) is 0 Å². The number of anilines is 1. The van der Waals surface area contributed by atoms with Gasteiger partial charge in [0.25, 0.3) is 5.91 Å². The number of carbonyl (C=O) groups is 2. The molecule has 1 saturated heterocycles. The van der Waals surface area contributed by atoms with E-state index in [-0.39, 0.29) is 22.9 Å². The maximum absolute atomic E-state index is 14.0. The molecule has 1 aliphatic rings. The van der Waals surface area contributed by atoms with Crippen molar-refractivity contribution in [1.29, 1.82) is 0 Å². The van der Waals surface area contributed by atoms with Crippen LogP contribution in [0.15, 0.2) is 66.0 Å².